The molecular weight excluding hydrogens is 341 g/mol. The number of likely N-dealkylation sites (tertiary alicyclic amines) is 1. The molecule has 1 aromatic heterocycles. The van der Waals surface area contributed by atoms with Gasteiger partial charge in [0.25, 0.3) is 5.91 Å². The van der Waals surface area contributed by atoms with Gasteiger partial charge in [0.15, 0.2) is 0 Å². The van der Waals surface area contributed by atoms with E-state index in [4.69, 9.17) is 11.6 Å². The Bertz CT molecular complexity index is 759. The summed E-state index contributed by atoms with van der Waals surface area (Å²) < 4.78 is 13.3. The first-order chi connectivity index (χ1) is 12.0. The smallest absolute Gasteiger partial charge is 0.255 e. The number of hydrogen-bond acceptors (Lipinski definition) is 2. The van der Waals surface area contributed by atoms with Crippen LogP contribution in [-0.4, -0.2) is 47.9 Å². The maximum atomic E-state index is 13.3. The van der Waals surface area contributed by atoms with E-state index in [0.717, 1.165) is 49.3 Å². The van der Waals surface area contributed by atoms with Crippen LogP contribution >= 0.6 is 11.6 Å². The second kappa shape index (κ2) is 7.58. The van der Waals surface area contributed by atoms with Crippen molar-refractivity contribution in [1.82, 2.24) is 14.8 Å². The summed E-state index contributed by atoms with van der Waals surface area (Å²) in [7, 11) is 3.54. The van der Waals surface area contributed by atoms with Crippen LogP contribution in [0.3, 0.4) is 0 Å². The van der Waals surface area contributed by atoms with Crippen LogP contribution in [0.1, 0.15) is 40.4 Å². The molecule has 1 aliphatic heterocycles. The van der Waals surface area contributed by atoms with Crippen LogP contribution in [0.25, 0.3) is 0 Å². The lowest BCUT2D eigenvalue weighted by molar-refractivity contribution is 0.0825. The van der Waals surface area contributed by atoms with Gasteiger partial charge >= 0.3 is 0 Å². The predicted octanol–water partition coefficient (Wildman–Crippen LogP) is 3.89. The molecule has 1 aromatic carbocycles. The summed E-state index contributed by atoms with van der Waals surface area (Å²) in [5.41, 5.74) is 2.77. The molecule has 1 amide bonds. The number of piperidine rings is 1. The maximum Gasteiger partial charge on any atom is 0.255 e. The molecule has 0 spiro atoms. The van der Waals surface area contributed by atoms with Crippen molar-refractivity contribution in [2.45, 2.75) is 25.3 Å². The zero-order valence-corrected chi connectivity index (χ0v) is 15.3. The van der Waals surface area contributed by atoms with Gasteiger partial charge in [-0.15, -0.1) is 0 Å². The number of benzene rings is 1. The molecule has 0 aliphatic carbocycles. The number of nitrogens with one attached hydrogen (secondary N) is 1. The van der Waals surface area contributed by atoms with Gasteiger partial charge < -0.3 is 9.88 Å². The van der Waals surface area contributed by atoms with Gasteiger partial charge in [0.1, 0.15) is 5.82 Å². The van der Waals surface area contributed by atoms with Crippen molar-refractivity contribution in [2.75, 3.05) is 27.2 Å². The number of aromatic amines is 1. The SMILES string of the molecule is CN(C)C(=O)c1cc[nH]c1C1CCCN(Cc2ccc(F)c(Cl)c2)C1. The summed E-state index contributed by atoms with van der Waals surface area (Å²) in [6, 6.07) is 6.74. The van der Waals surface area contributed by atoms with E-state index in [1.165, 1.54) is 6.07 Å². The molecular formula is C19H23ClFN3O. The van der Waals surface area contributed by atoms with E-state index in [9.17, 15) is 9.18 Å². The van der Waals surface area contributed by atoms with Gasteiger partial charge in [-0.05, 0) is 43.1 Å². The van der Waals surface area contributed by atoms with Crippen molar-refractivity contribution in [2.24, 2.45) is 0 Å². The fourth-order valence-electron chi connectivity index (χ4n) is 3.48. The summed E-state index contributed by atoms with van der Waals surface area (Å²) in [6.45, 7) is 2.58. The number of hydrogen-bond donors (Lipinski definition) is 1. The second-order valence-corrected chi connectivity index (χ2v) is 7.23. The summed E-state index contributed by atoms with van der Waals surface area (Å²) in [6.07, 6.45) is 3.95. The Labute approximate surface area is 152 Å². The molecule has 2 aromatic rings. The highest BCUT2D eigenvalue weighted by Gasteiger charge is 2.26. The number of halogens is 2. The molecule has 134 valence electrons. The molecule has 1 saturated heterocycles. The van der Waals surface area contributed by atoms with Gasteiger partial charge in [0, 0.05) is 45.0 Å². The van der Waals surface area contributed by atoms with Gasteiger partial charge in [-0.1, -0.05) is 17.7 Å². The van der Waals surface area contributed by atoms with E-state index < -0.39 is 0 Å². The highest BCUT2D eigenvalue weighted by molar-refractivity contribution is 6.30. The highest BCUT2D eigenvalue weighted by Crippen LogP contribution is 2.30. The third kappa shape index (κ3) is 4.05. The standard InChI is InChI=1S/C19H23ClFN3O/c1-23(2)19(25)15-7-8-22-18(15)14-4-3-9-24(12-14)11-13-5-6-17(21)16(20)10-13/h5-8,10,14,22H,3-4,9,11-12H2,1-2H3. The average Bonchev–Trinajstić information content (AvgIpc) is 3.07. The molecule has 1 fully saturated rings. The predicted molar refractivity (Wildman–Crippen MR) is 97.5 cm³/mol. The van der Waals surface area contributed by atoms with Gasteiger partial charge in [-0.3, -0.25) is 9.69 Å². The quantitative estimate of drug-likeness (QED) is 0.895. The lowest BCUT2D eigenvalue weighted by Gasteiger charge is -2.33. The van der Waals surface area contributed by atoms with Crippen molar-refractivity contribution >= 4 is 17.5 Å². The van der Waals surface area contributed by atoms with E-state index in [1.54, 1.807) is 31.1 Å². The van der Waals surface area contributed by atoms with E-state index in [2.05, 4.69) is 9.88 Å². The Morgan fingerprint density at radius 2 is 2.20 bits per heavy atom. The van der Waals surface area contributed by atoms with Crippen LogP contribution in [0.4, 0.5) is 4.39 Å². The molecule has 4 nitrogen and oxygen atoms in total. The lowest BCUT2D eigenvalue weighted by Crippen LogP contribution is -2.35. The van der Waals surface area contributed by atoms with Crippen LogP contribution < -0.4 is 0 Å². The summed E-state index contributed by atoms with van der Waals surface area (Å²) in [5, 5.41) is 0.161. The van der Waals surface area contributed by atoms with E-state index in [0.29, 0.717) is 5.92 Å². The minimum atomic E-state index is -0.389. The summed E-state index contributed by atoms with van der Waals surface area (Å²) in [5.74, 6) is -0.0718. The second-order valence-electron chi connectivity index (χ2n) is 6.83. The van der Waals surface area contributed by atoms with E-state index in [-0.39, 0.29) is 16.7 Å². The molecule has 2 heterocycles. The third-order valence-corrected chi connectivity index (χ3v) is 5.01. The normalized spacial score (nSPS) is 18.3. The van der Waals surface area contributed by atoms with Gasteiger partial charge in [0.05, 0.1) is 10.6 Å². The molecule has 1 N–H and O–H groups in total. The largest absolute Gasteiger partial charge is 0.364 e. The maximum absolute atomic E-state index is 13.3. The monoisotopic (exact) mass is 363 g/mol. The van der Waals surface area contributed by atoms with Crippen molar-refractivity contribution in [3.63, 3.8) is 0 Å². The Morgan fingerprint density at radius 3 is 2.92 bits per heavy atom. The molecule has 25 heavy (non-hydrogen) atoms. The van der Waals surface area contributed by atoms with Crippen LogP contribution in [0.2, 0.25) is 5.02 Å². The number of aromatic nitrogens is 1. The zero-order valence-electron chi connectivity index (χ0n) is 14.6. The van der Waals surface area contributed by atoms with Crippen molar-refractivity contribution in [1.29, 1.82) is 0 Å². The molecule has 3 rings (SSSR count). The Hall–Kier alpha value is -1.85. The van der Waals surface area contributed by atoms with Gasteiger partial charge in [-0.25, -0.2) is 4.39 Å². The Balaban J connectivity index is 1.72. The number of amides is 1. The first kappa shape index (κ1) is 18.0. The summed E-state index contributed by atoms with van der Waals surface area (Å²) in [4.78, 5) is 19.6. The van der Waals surface area contributed by atoms with Crippen LogP contribution in [0, 0.1) is 5.82 Å². The first-order valence-corrected chi connectivity index (χ1v) is 8.88. The van der Waals surface area contributed by atoms with E-state index >= 15 is 0 Å². The number of carbonyl (C=O) groups excluding carboxylic acids is 1. The van der Waals surface area contributed by atoms with Crippen LogP contribution in [0.5, 0.6) is 0 Å². The van der Waals surface area contributed by atoms with Gasteiger partial charge in [-0.2, -0.15) is 0 Å². The van der Waals surface area contributed by atoms with Crippen molar-refractivity contribution in [3.05, 3.63) is 58.1 Å². The fourth-order valence-corrected chi connectivity index (χ4v) is 3.68. The molecule has 0 saturated carbocycles. The molecule has 1 atom stereocenters. The molecule has 0 bridgehead atoms. The first-order valence-electron chi connectivity index (χ1n) is 8.51. The number of carbonyl (C=O) groups is 1. The van der Waals surface area contributed by atoms with Gasteiger partial charge in [0.2, 0.25) is 0 Å². The third-order valence-electron chi connectivity index (χ3n) is 4.72. The fraction of sp³-hybridized carbons (Fsp3) is 0.421. The lowest BCUT2D eigenvalue weighted by atomic mass is 9.92. The molecule has 0 radical (unpaired) electrons. The number of H-pyrrole nitrogens is 1. The topological polar surface area (TPSA) is 39.3 Å². The van der Waals surface area contributed by atoms with Crippen molar-refractivity contribution < 1.29 is 9.18 Å². The molecule has 6 heteroatoms. The molecule has 1 unspecified atom stereocenters. The number of nitrogens with zero attached hydrogens (tertiary/aromatic N) is 2. The highest BCUT2D eigenvalue weighted by atomic mass is 35.5. The van der Waals surface area contributed by atoms with Crippen molar-refractivity contribution in [3.8, 4) is 0 Å². The molecule has 1 aliphatic rings. The van der Waals surface area contributed by atoms with Crippen LogP contribution in [0.15, 0.2) is 30.5 Å². The summed E-state index contributed by atoms with van der Waals surface area (Å²) >= 11 is 5.89. The Morgan fingerprint density at radius 1 is 1.40 bits per heavy atom. The minimum absolute atomic E-state index is 0.0266. The number of rotatable bonds is 4. The van der Waals surface area contributed by atoms with Crippen LogP contribution in [-0.2, 0) is 6.54 Å². The zero-order chi connectivity index (χ0) is 18.0. The van der Waals surface area contributed by atoms with E-state index in [1.807, 2.05) is 12.3 Å². The average molecular weight is 364 g/mol. The minimum Gasteiger partial charge on any atom is -0.364 e. The Kier molecular flexibility index (Phi) is 5.45.